The monoisotopic (exact) mass is 254 g/mol. The molecule has 0 saturated heterocycles. The predicted molar refractivity (Wildman–Crippen MR) is 71.1 cm³/mol. The Bertz CT molecular complexity index is 364. The summed E-state index contributed by atoms with van der Waals surface area (Å²) in [6, 6.07) is 0. The van der Waals surface area contributed by atoms with E-state index >= 15 is 0 Å². The van der Waals surface area contributed by atoms with Crippen molar-refractivity contribution >= 4 is 0 Å². The molecular formula is C15H26O3. The second-order valence-corrected chi connectivity index (χ2v) is 7.04. The van der Waals surface area contributed by atoms with Gasteiger partial charge in [0.2, 0.25) is 0 Å². The highest BCUT2D eigenvalue weighted by Crippen LogP contribution is 2.53. The quantitative estimate of drug-likeness (QED) is 0.627. The van der Waals surface area contributed by atoms with Gasteiger partial charge in [-0.1, -0.05) is 11.6 Å². The zero-order chi connectivity index (χ0) is 13.8. The summed E-state index contributed by atoms with van der Waals surface area (Å²) in [5.41, 5.74) is -1.74. The Morgan fingerprint density at radius 3 is 2.44 bits per heavy atom. The lowest BCUT2D eigenvalue weighted by atomic mass is 9.55. The normalized spacial score (nSPS) is 45.4. The van der Waals surface area contributed by atoms with Crippen LogP contribution in [-0.2, 0) is 0 Å². The Morgan fingerprint density at radius 2 is 1.89 bits per heavy atom. The van der Waals surface area contributed by atoms with E-state index in [1.165, 1.54) is 5.57 Å². The molecule has 104 valence electrons. The molecule has 2 rings (SSSR count). The molecule has 0 aliphatic heterocycles. The van der Waals surface area contributed by atoms with Crippen LogP contribution in [0.25, 0.3) is 0 Å². The number of rotatable bonds is 1. The maximum absolute atomic E-state index is 11.0. The van der Waals surface area contributed by atoms with E-state index in [9.17, 15) is 15.3 Å². The molecule has 18 heavy (non-hydrogen) atoms. The van der Waals surface area contributed by atoms with Crippen LogP contribution in [-0.4, -0.2) is 32.1 Å². The van der Waals surface area contributed by atoms with Crippen molar-refractivity contribution in [3.05, 3.63) is 11.6 Å². The highest BCUT2D eigenvalue weighted by Gasteiger charge is 2.58. The van der Waals surface area contributed by atoms with Crippen LogP contribution >= 0.6 is 0 Å². The van der Waals surface area contributed by atoms with Crippen LogP contribution in [0.15, 0.2) is 11.6 Å². The molecule has 0 amide bonds. The fourth-order valence-electron chi connectivity index (χ4n) is 3.78. The van der Waals surface area contributed by atoms with Crippen LogP contribution in [0.5, 0.6) is 0 Å². The number of hydrogen-bond donors (Lipinski definition) is 3. The topological polar surface area (TPSA) is 60.7 Å². The van der Waals surface area contributed by atoms with Gasteiger partial charge in [-0.05, 0) is 59.3 Å². The second kappa shape index (κ2) is 4.06. The van der Waals surface area contributed by atoms with E-state index in [0.29, 0.717) is 12.8 Å². The first-order chi connectivity index (χ1) is 8.08. The summed E-state index contributed by atoms with van der Waals surface area (Å²) in [6.45, 7) is 7.39. The van der Waals surface area contributed by atoms with Crippen LogP contribution in [0, 0.1) is 11.8 Å². The van der Waals surface area contributed by atoms with E-state index in [1.54, 1.807) is 20.8 Å². The van der Waals surface area contributed by atoms with Crippen LogP contribution < -0.4 is 0 Å². The molecule has 3 heteroatoms. The maximum atomic E-state index is 11.0. The minimum Gasteiger partial charge on any atom is -0.390 e. The SMILES string of the molecule is CC1=CC2C(C(C)(C)O)CCC(C)(O)C2(O)CC1. The summed E-state index contributed by atoms with van der Waals surface area (Å²) >= 11 is 0. The third-order valence-electron chi connectivity index (χ3n) is 5.13. The molecular weight excluding hydrogens is 228 g/mol. The molecule has 0 aromatic carbocycles. The van der Waals surface area contributed by atoms with Gasteiger partial charge in [0.1, 0.15) is 0 Å². The van der Waals surface area contributed by atoms with E-state index in [0.717, 1.165) is 12.8 Å². The van der Waals surface area contributed by atoms with E-state index < -0.39 is 16.8 Å². The van der Waals surface area contributed by atoms with Crippen molar-refractivity contribution in [1.29, 1.82) is 0 Å². The van der Waals surface area contributed by atoms with Crippen LogP contribution in [0.2, 0.25) is 0 Å². The average Bonchev–Trinajstić information content (AvgIpc) is 2.19. The third-order valence-corrected chi connectivity index (χ3v) is 5.13. The highest BCUT2D eigenvalue weighted by molar-refractivity contribution is 5.21. The molecule has 3 N–H and O–H groups in total. The van der Waals surface area contributed by atoms with Gasteiger partial charge in [-0.3, -0.25) is 0 Å². The van der Waals surface area contributed by atoms with Crippen molar-refractivity contribution in [2.24, 2.45) is 11.8 Å². The van der Waals surface area contributed by atoms with Crippen molar-refractivity contribution in [3.8, 4) is 0 Å². The van der Waals surface area contributed by atoms with Crippen LogP contribution in [0.3, 0.4) is 0 Å². The Labute approximate surface area is 110 Å². The molecule has 0 aromatic heterocycles. The zero-order valence-corrected chi connectivity index (χ0v) is 11.9. The Kier molecular flexibility index (Phi) is 3.16. The minimum absolute atomic E-state index is 0.00188. The van der Waals surface area contributed by atoms with Crippen molar-refractivity contribution < 1.29 is 15.3 Å². The molecule has 4 unspecified atom stereocenters. The highest BCUT2D eigenvalue weighted by atomic mass is 16.4. The largest absolute Gasteiger partial charge is 0.390 e. The summed E-state index contributed by atoms with van der Waals surface area (Å²) in [6.07, 6.45) is 4.76. The van der Waals surface area contributed by atoms with Gasteiger partial charge in [0.05, 0.1) is 16.8 Å². The third kappa shape index (κ3) is 2.02. The lowest BCUT2D eigenvalue weighted by Gasteiger charge is -2.56. The fraction of sp³-hybridized carbons (Fsp3) is 0.867. The summed E-state index contributed by atoms with van der Waals surface area (Å²) in [7, 11) is 0. The lowest BCUT2D eigenvalue weighted by molar-refractivity contribution is -0.221. The molecule has 1 fully saturated rings. The van der Waals surface area contributed by atoms with Gasteiger partial charge in [-0.25, -0.2) is 0 Å². The summed E-state index contributed by atoms with van der Waals surface area (Å²) < 4.78 is 0. The van der Waals surface area contributed by atoms with Gasteiger partial charge in [0.15, 0.2) is 0 Å². The van der Waals surface area contributed by atoms with Gasteiger partial charge >= 0.3 is 0 Å². The van der Waals surface area contributed by atoms with Crippen molar-refractivity contribution in [2.75, 3.05) is 0 Å². The predicted octanol–water partition coefficient (Wildman–Crippen LogP) is 2.01. The minimum atomic E-state index is -1.10. The smallest absolute Gasteiger partial charge is 0.0999 e. The average molecular weight is 254 g/mol. The Hall–Kier alpha value is -0.380. The molecule has 0 heterocycles. The van der Waals surface area contributed by atoms with E-state index in [4.69, 9.17) is 0 Å². The number of fused-ring (bicyclic) bond motifs is 1. The lowest BCUT2D eigenvalue weighted by Crippen LogP contribution is -2.64. The van der Waals surface area contributed by atoms with Gasteiger partial charge < -0.3 is 15.3 Å². The maximum Gasteiger partial charge on any atom is 0.0999 e. The van der Waals surface area contributed by atoms with E-state index in [2.05, 4.69) is 13.0 Å². The number of aliphatic hydroxyl groups is 3. The molecule has 1 saturated carbocycles. The molecule has 3 nitrogen and oxygen atoms in total. The van der Waals surface area contributed by atoms with E-state index in [-0.39, 0.29) is 11.8 Å². The fourth-order valence-corrected chi connectivity index (χ4v) is 3.78. The second-order valence-electron chi connectivity index (χ2n) is 7.04. The van der Waals surface area contributed by atoms with Crippen LogP contribution in [0.4, 0.5) is 0 Å². The number of allylic oxidation sites excluding steroid dienone is 1. The molecule has 0 aromatic rings. The molecule has 0 radical (unpaired) electrons. The first-order valence-electron chi connectivity index (χ1n) is 6.92. The molecule has 0 bridgehead atoms. The molecule has 2 aliphatic rings. The van der Waals surface area contributed by atoms with Crippen molar-refractivity contribution in [2.45, 2.75) is 70.2 Å². The van der Waals surface area contributed by atoms with Gasteiger partial charge in [0.25, 0.3) is 0 Å². The van der Waals surface area contributed by atoms with Crippen molar-refractivity contribution in [1.82, 2.24) is 0 Å². The van der Waals surface area contributed by atoms with Gasteiger partial charge in [0, 0.05) is 5.92 Å². The van der Waals surface area contributed by atoms with Crippen molar-refractivity contribution in [3.63, 3.8) is 0 Å². The number of hydrogen-bond acceptors (Lipinski definition) is 3. The summed E-state index contributed by atoms with van der Waals surface area (Å²) in [5, 5.41) is 31.8. The van der Waals surface area contributed by atoms with E-state index in [1.807, 2.05) is 0 Å². The molecule has 2 aliphatic carbocycles. The zero-order valence-electron chi connectivity index (χ0n) is 11.9. The summed E-state index contributed by atoms with van der Waals surface area (Å²) in [5.74, 6) is -0.159. The molecule has 4 atom stereocenters. The van der Waals surface area contributed by atoms with Crippen LogP contribution in [0.1, 0.15) is 53.4 Å². The Morgan fingerprint density at radius 1 is 1.28 bits per heavy atom. The standard InChI is InChI=1S/C15H26O3/c1-10-5-8-15(18)12(9-10)11(13(2,3)16)6-7-14(15,4)17/h9,11-12,16-18H,5-8H2,1-4H3. The summed E-state index contributed by atoms with van der Waals surface area (Å²) in [4.78, 5) is 0. The van der Waals surface area contributed by atoms with Gasteiger partial charge in [-0.15, -0.1) is 0 Å². The Balaban J connectivity index is 2.44. The molecule has 0 spiro atoms. The first-order valence-corrected chi connectivity index (χ1v) is 6.92. The van der Waals surface area contributed by atoms with Gasteiger partial charge in [-0.2, -0.15) is 0 Å². The first kappa shape index (κ1) is 14.0.